The molecule has 1 aliphatic rings. The summed E-state index contributed by atoms with van der Waals surface area (Å²) in [5, 5.41) is 28.2. The van der Waals surface area contributed by atoms with Crippen LogP contribution >= 0.6 is 0 Å². The minimum Gasteiger partial charge on any atom is -0.394 e. The van der Waals surface area contributed by atoms with Crippen LogP contribution in [0.5, 0.6) is 0 Å². The van der Waals surface area contributed by atoms with Crippen molar-refractivity contribution in [1.29, 1.82) is 0 Å². The smallest absolute Gasteiger partial charge is 0.332 e. The number of hydrogen-bond donors (Lipinski definition) is 5. The fraction of sp³-hybridized carbons (Fsp3) is 0.556. The Balaban J connectivity index is 2.45. The molecule has 2 rings (SSSR count). The Morgan fingerprint density at radius 3 is 2.56 bits per heavy atom. The Hall–Kier alpha value is -1.68. The quantitative estimate of drug-likeness (QED) is 0.373. The van der Waals surface area contributed by atoms with Gasteiger partial charge in [0, 0.05) is 6.07 Å². The lowest BCUT2D eigenvalue weighted by molar-refractivity contribution is -0.0564. The zero-order valence-electron chi connectivity index (χ0n) is 9.18. The highest BCUT2D eigenvalue weighted by molar-refractivity contribution is 5.23. The monoisotopic (exact) mass is 259 g/mol. The van der Waals surface area contributed by atoms with Crippen molar-refractivity contribution in [2.24, 2.45) is 0 Å². The maximum Gasteiger partial charge on any atom is 0.332 e. The van der Waals surface area contributed by atoms with E-state index >= 15 is 0 Å². The Kier molecular flexibility index (Phi) is 3.22. The summed E-state index contributed by atoms with van der Waals surface area (Å²) in [4.78, 5) is 25.4. The number of aliphatic hydroxyl groups is 3. The molecule has 9 nitrogen and oxygen atoms in total. The minimum absolute atomic E-state index is 0.118. The summed E-state index contributed by atoms with van der Waals surface area (Å²) in [5.41, 5.74) is 3.64. The largest absolute Gasteiger partial charge is 0.394 e. The maximum atomic E-state index is 11.6. The number of nitrogens with zero attached hydrogens (tertiary/aromatic N) is 1. The first kappa shape index (κ1) is 12.8. The molecular formula is C9H13N3O6. The number of H-pyrrole nitrogens is 1. The second-order valence-corrected chi connectivity index (χ2v) is 3.97. The first-order valence-corrected chi connectivity index (χ1v) is 5.19. The van der Waals surface area contributed by atoms with Crippen LogP contribution in [0.3, 0.4) is 0 Å². The summed E-state index contributed by atoms with van der Waals surface area (Å²) in [6, 6.07) is 0.954. The van der Waals surface area contributed by atoms with Gasteiger partial charge in [0.25, 0.3) is 5.56 Å². The molecule has 2 heterocycles. The second kappa shape index (κ2) is 4.53. The Labute approximate surface area is 100 Å². The van der Waals surface area contributed by atoms with Crippen LogP contribution in [-0.2, 0) is 4.74 Å². The van der Waals surface area contributed by atoms with Crippen LogP contribution in [0.4, 0.5) is 5.82 Å². The van der Waals surface area contributed by atoms with Gasteiger partial charge < -0.3 is 25.8 Å². The summed E-state index contributed by atoms with van der Waals surface area (Å²) < 4.78 is 5.67. The number of ether oxygens (including phenoxy) is 1. The van der Waals surface area contributed by atoms with Crippen molar-refractivity contribution < 1.29 is 20.1 Å². The molecule has 1 aromatic heterocycles. The van der Waals surface area contributed by atoms with E-state index in [9.17, 15) is 19.8 Å². The van der Waals surface area contributed by atoms with Crippen LogP contribution in [0.25, 0.3) is 0 Å². The second-order valence-electron chi connectivity index (χ2n) is 3.97. The molecule has 0 aliphatic carbocycles. The van der Waals surface area contributed by atoms with Crippen LogP contribution in [0.2, 0.25) is 0 Å². The lowest BCUT2D eigenvalue weighted by Gasteiger charge is -2.16. The van der Waals surface area contributed by atoms with E-state index in [1.54, 1.807) is 0 Å². The standard InChI is InChI=1S/C9H13N3O6/c10-4-1-5(14)12(9(17)11-4)8-7(16)6(15)3(2-13)18-8/h1,3,6-8,13,15-16H,2,10H2,(H,11,17)/t3-,6-,7-,8-/m1/s1. The molecule has 18 heavy (non-hydrogen) atoms. The minimum atomic E-state index is -1.50. The lowest BCUT2D eigenvalue weighted by atomic mass is 10.1. The number of nitrogens with one attached hydrogen (secondary N) is 1. The van der Waals surface area contributed by atoms with Crippen LogP contribution in [-0.4, -0.2) is 49.8 Å². The molecule has 1 saturated heterocycles. The molecule has 0 radical (unpaired) electrons. The fourth-order valence-corrected chi connectivity index (χ4v) is 1.86. The van der Waals surface area contributed by atoms with Crippen LogP contribution in [0.1, 0.15) is 6.23 Å². The normalized spacial score (nSPS) is 31.7. The van der Waals surface area contributed by atoms with Gasteiger partial charge in [-0.05, 0) is 0 Å². The molecule has 1 fully saturated rings. The van der Waals surface area contributed by atoms with E-state index in [1.807, 2.05) is 0 Å². The number of nitrogens with two attached hydrogens (primary N) is 1. The Morgan fingerprint density at radius 1 is 1.39 bits per heavy atom. The maximum absolute atomic E-state index is 11.6. The molecule has 1 aromatic rings. The molecule has 1 aliphatic heterocycles. The fourth-order valence-electron chi connectivity index (χ4n) is 1.86. The molecule has 100 valence electrons. The lowest BCUT2D eigenvalue weighted by Crippen LogP contribution is -2.42. The van der Waals surface area contributed by atoms with Crippen LogP contribution in [0, 0.1) is 0 Å². The molecule has 0 aromatic carbocycles. The van der Waals surface area contributed by atoms with Gasteiger partial charge in [-0.15, -0.1) is 0 Å². The molecule has 0 saturated carbocycles. The summed E-state index contributed by atoms with van der Waals surface area (Å²) in [7, 11) is 0. The van der Waals surface area contributed by atoms with Gasteiger partial charge in [0.15, 0.2) is 6.23 Å². The van der Waals surface area contributed by atoms with E-state index in [1.165, 1.54) is 0 Å². The van der Waals surface area contributed by atoms with Crippen LogP contribution < -0.4 is 17.0 Å². The van der Waals surface area contributed by atoms with E-state index in [0.717, 1.165) is 6.07 Å². The van der Waals surface area contributed by atoms with Crippen molar-refractivity contribution in [1.82, 2.24) is 9.55 Å². The highest BCUT2D eigenvalue weighted by Crippen LogP contribution is 2.27. The van der Waals surface area contributed by atoms with Gasteiger partial charge in [0.05, 0.1) is 6.61 Å². The number of rotatable bonds is 2. The Morgan fingerprint density at radius 2 is 2.06 bits per heavy atom. The van der Waals surface area contributed by atoms with E-state index in [-0.39, 0.29) is 5.82 Å². The molecule has 0 bridgehead atoms. The molecule has 6 N–H and O–H groups in total. The zero-order valence-corrected chi connectivity index (χ0v) is 9.18. The zero-order chi connectivity index (χ0) is 13.4. The van der Waals surface area contributed by atoms with E-state index in [4.69, 9.17) is 15.6 Å². The van der Waals surface area contributed by atoms with Gasteiger partial charge >= 0.3 is 5.69 Å². The molecule has 0 unspecified atom stereocenters. The van der Waals surface area contributed by atoms with E-state index in [0.29, 0.717) is 4.57 Å². The summed E-state index contributed by atoms with van der Waals surface area (Å²) in [6.07, 6.45) is -5.31. The molecule has 0 spiro atoms. The number of nitrogen functional groups attached to an aromatic ring is 1. The van der Waals surface area contributed by atoms with Gasteiger partial charge in [-0.1, -0.05) is 0 Å². The molecule has 4 atom stereocenters. The first-order chi connectivity index (χ1) is 8.45. The van der Waals surface area contributed by atoms with Crippen molar-refractivity contribution in [3.63, 3.8) is 0 Å². The van der Waals surface area contributed by atoms with E-state index < -0.39 is 42.4 Å². The van der Waals surface area contributed by atoms with Gasteiger partial charge in [-0.25, -0.2) is 9.36 Å². The van der Waals surface area contributed by atoms with Crippen molar-refractivity contribution in [3.05, 3.63) is 26.9 Å². The molecular weight excluding hydrogens is 246 g/mol. The number of aliphatic hydroxyl groups excluding tert-OH is 3. The summed E-state index contributed by atoms with van der Waals surface area (Å²) >= 11 is 0. The van der Waals surface area contributed by atoms with Gasteiger partial charge in [-0.2, -0.15) is 0 Å². The molecule has 0 amide bonds. The Bertz CT molecular complexity index is 521. The van der Waals surface area contributed by atoms with Crippen molar-refractivity contribution >= 4 is 5.82 Å². The highest BCUT2D eigenvalue weighted by Gasteiger charge is 2.44. The highest BCUT2D eigenvalue weighted by atomic mass is 16.6. The number of aromatic nitrogens is 2. The number of aromatic amines is 1. The summed E-state index contributed by atoms with van der Waals surface area (Å²) in [5.74, 6) is -0.118. The number of anilines is 1. The third kappa shape index (κ3) is 1.93. The van der Waals surface area contributed by atoms with Crippen molar-refractivity contribution in [3.8, 4) is 0 Å². The average molecular weight is 259 g/mol. The van der Waals surface area contributed by atoms with Crippen molar-refractivity contribution in [2.45, 2.75) is 24.5 Å². The number of hydrogen-bond acceptors (Lipinski definition) is 7. The average Bonchev–Trinajstić information content (AvgIpc) is 2.56. The summed E-state index contributed by atoms with van der Waals surface area (Å²) in [6.45, 7) is -0.545. The van der Waals surface area contributed by atoms with Crippen LogP contribution in [0.15, 0.2) is 15.7 Å². The van der Waals surface area contributed by atoms with Gasteiger partial charge in [-0.3, -0.25) is 9.78 Å². The topological polar surface area (TPSA) is 151 Å². The third-order valence-corrected chi connectivity index (χ3v) is 2.76. The predicted octanol–water partition coefficient (Wildman–Crippen LogP) is -3.27. The third-order valence-electron chi connectivity index (χ3n) is 2.76. The molecule has 9 heteroatoms. The first-order valence-electron chi connectivity index (χ1n) is 5.19. The van der Waals surface area contributed by atoms with Gasteiger partial charge in [0.1, 0.15) is 24.1 Å². The SMILES string of the molecule is Nc1cc(=O)n([C@@H]2O[C@H](CO)[C@@H](O)[C@H]2O)c(=O)[nH]1. The predicted molar refractivity (Wildman–Crippen MR) is 58.7 cm³/mol. The van der Waals surface area contributed by atoms with E-state index in [2.05, 4.69) is 4.98 Å². The van der Waals surface area contributed by atoms with Gasteiger partial charge in [0.2, 0.25) is 0 Å². The van der Waals surface area contributed by atoms with Crippen molar-refractivity contribution in [2.75, 3.05) is 12.3 Å².